The highest BCUT2D eigenvalue weighted by molar-refractivity contribution is 5.26. The van der Waals surface area contributed by atoms with Crippen molar-refractivity contribution in [2.45, 2.75) is 18.9 Å². The molecule has 0 amide bonds. The summed E-state index contributed by atoms with van der Waals surface area (Å²) in [5.41, 5.74) is 6.64. The van der Waals surface area contributed by atoms with Gasteiger partial charge in [-0.3, -0.25) is 0 Å². The lowest BCUT2D eigenvalue weighted by Gasteiger charge is -2.11. The second-order valence-electron chi connectivity index (χ2n) is 2.47. The molecule has 2 nitrogen and oxygen atoms in total. The van der Waals surface area contributed by atoms with E-state index in [0.29, 0.717) is 0 Å². The Morgan fingerprint density at radius 2 is 2.40 bits per heavy atom. The second kappa shape index (κ2) is 3.54. The van der Waals surface area contributed by atoms with E-state index in [1.54, 1.807) is 0 Å². The van der Waals surface area contributed by atoms with Crippen molar-refractivity contribution in [2.75, 3.05) is 6.61 Å². The molecule has 1 atom stereocenters. The summed E-state index contributed by atoms with van der Waals surface area (Å²) < 4.78 is 0. The average molecular weight is 139 g/mol. The molecule has 0 heterocycles. The maximum Gasteiger partial charge on any atom is 0.0624 e. The summed E-state index contributed by atoms with van der Waals surface area (Å²) >= 11 is 0. The van der Waals surface area contributed by atoms with Crippen LogP contribution in [-0.4, -0.2) is 17.8 Å². The minimum Gasteiger partial charge on any atom is -0.394 e. The molecule has 0 saturated carbocycles. The van der Waals surface area contributed by atoms with Crippen molar-refractivity contribution in [1.82, 2.24) is 0 Å². The average Bonchev–Trinajstić information content (AvgIpc) is 2.05. The molecule has 3 N–H and O–H groups in total. The monoisotopic (exact) mass is 139 g/mol. The van der Waals surface area contributed by atoms with E-state index in [1.807, 2.05) is 6.08 Å². The van der Waals surface area contributed by atoms with E-state index in [2.05, 4.69) is 12.2 Å². The molecule has 0 fully saturated rings. The molecule has 0 aromatic rings. The van der Waals surface area contributed by atoms with Crippen LogP contribution in [0.15, 0.2) is 23.8 Å². The molecule has 0 spiro atoms. The van der Waals surface area contributed by atoms with Crippen LogP contribution in [0.1, 0.15) is 12.8 Å². The third kappa shape index (κ3) is 1.69. The molecule has 1 unspecified atom stereocenters. The molecular weight excluding hydrogens is 126 g/mol. The van der Waals surface area contributed by atoms with Crippen LogP contribution in [0.2, 0.25) is 0 Å². The molecule has 0 radical (unpaired) electrons. The van der Waals surface area contributed by atoms with E-state index in [-0.39, 0.29) is 12.6 Å². The predicted molar refractivity (Wildman–Crippen MR) is 41.5 cm³/mol. The van der Waals surface area contributed by atoms with Crippen molar-refractivity contribution in [3.63, 3.8) is 0 Å². The van der Waals surface area contributed by atoms with Gasteiger partial charge in [0, 0.05) is 0 Å². The zero-order chi connectivity index (χ0) is 7.40. The molecule has 56 valence electrons. The van der Waals surface area contributed by atoms with Crippen LogP contribution in [0.5, 0.6) is 0 Å². The van der Waals surface area contributed by atoms with E-state index >= 15 is 0 Å². The molecule has 0 aliphatic heterocycles. The van der Waals surface area contributed by atoms with Crippen molar-refractivity contribution in [3.8, 4) is 0 Å². The highest BCUT2D eigenvalue weighted by Crippen LogP contribution is 2.11. The highest BCUT2D eigenvalue weighted by Gasteiger charge is 2.05. The number of nitrogens with two attached hydrogens (primary N) is 1. The number of aliphatic hydroxyl groups excluding tert-OH is 1. The Morgan fingerprint density at radius 1 is 1.60 bits per heavy atom. The van der Waals surface area contributed by atoms with Crippen molar-refractivity contribution in [3.05, 3.63) is 23.8 Å². The smallest absolute Gasteiger partial charge is 0.0624 e. The maximum absolute atomic E-state index is 8.69. The molecule has 1 aliphatic carbocycles. The Labute approximate surface area is 61.0 Å². The van der Waals surface area contributed by atoms with Crippen LogP contribution in [-0.2, 0) is 0 Å². The summed E-state index contributed by atoms with van der Waals surface area (Å²) in [5.74, 6) is 0. The van der Waals surface area contributed by atoms with Crippen LogP contribution in [0.25, 0.3) is 0 Å². The van der Waals surface area contributed by atoms with E-state index in [1.165, 1.54) is 0 Å². The number of aliphatic hydroxyl groups is 1. The fraction of sp³-hybridized carbons (Fsp3) is 0.500. The topological polar surface area (TPSA) is 46.2 Å². The van der Waals surface area contributed by atoms with Crippen molar-refractivity contribution in [1.29, 1.82) is 0 Å². The number of hydrogen-bond donors (Lipinski definition) is 2. The first kappa shape index (κ1) is 7.51. The van der Waals surface area contributed by atoms with E-state index in [0.717, 1.165) is 18.4 Å². The predicted octanol–water partition coefficient (Wildman–Crippen LogP) is 0.582. The van der Waals surface area contributed by atoms with Gasteiger partial charge in [-0.2, -0.15) is 0 Å². The van der Waals surface area contributed by atoms with Gasteiger partial charge >= 0.3 is 0 Å². The normalized spacial score (nSPS) is 20.4. The van der Waals surface area contributed by atoms with Gasteiger partial charge < -0.3 is 10.8 Å². The van der Waals surface area contributed by atoms with E-state index in [9.17, 15) is 0 Å². The van der Waals surface area contributed by atoms with Gasteiger partial charge in [-0.05, 0) is 18.4 Å². The van der Waals surface area contributed by atoms with Crippen molar-refractivity contribution in [2.24, 2.45) is 5.73 Å². The lowest BCUT2D eigenvalue weighted by atomic mass is 10.0. The number of allylic oxidation sites excluding steroid dienone is 2. The van der Waals surface area contributed by atoms with Gasteiger partial charge in [0.15, 0.2) is 0 Å². The van der Waals surface area contributed by atoms with Gasteiger partial charge in [-0.1, -0.05) is 18.2 Å². The molecule has 10 heavy (non-hydrogen) atoms. The number of rotatable bonds is 2. The van der Waals surface area contributed by atoms with Gasteiger partial charge in [-0.15, -0.1) is 0 Å². The Hall–Kier alpha value is -0.600. The zero-order valence-corrected chi connectivity index (χ0v) is 5.96. The largest absolute Gasteiger partial charge is 0.394 e. The Bertz CT molecular complexity index is 161. The van der Waals surface area contributed by atoms with E-state index in [4.69, 9.17) is 10.8 Å². The van der Waals surface area contributed by atoms with Crippen LogP contribution in [0.4, 0.5) is 0 Å². The number of hydrogen-bond acceptors (Lipinski definition) is 2. The molecule has 0 aromatic carbocycles. The van der Waals surface area contributed by atoms with Crippen LogP contribution in [0.3, 0.4) is 0 Å². The second-order valence-corrected chi connectivity index (χ2v) is 2.47. The Balaban J connectivity index is 2.54. The minimum absolute atomic E-state index is 0.0379. The summed E-state index contributed by atoms with van der Waals surface area (Å²) in [6.45, 7) is 0.0379. The lowest BCUT2D eigenvalue weighted by molar-refractivity contribution is 0.280. The van der Waals surface area contributed by atoms with Crippen LogP contribution in [0, 0.1) is 0 Å². The van der Waals surface area contributed by atoms with Crippen LogP contribution < -0.4 is 5.73 Å². The summed E-state index contributed by atoms with van der Waals surface area (Å²) in [7, 11) is 0. The van der Waals surface area contributed by atoms with Gasteiger partial charge in [0.25, 0.3) is 0 Å². The Kier molecular flexibility index (Phi) is 2.66. The van der Waals surface area contributed by atoms with Crippen LogP contribution >= 0.6 is 0 Å². The summed E-state index contributed by atoms with van der Waals surface area (Å²) in [5, 5.41) is 8.69. The van der Waals surface area contributed by atoms with Gasteiger partial charge in [0.1, 0.15) is 0 Å². The highest BCUT2D eigenvalue weighted by atomic mass is 16.3. The van der Waals surface area contributed by atoms with Crippen molar-refractivity contribution >= 4 is 0 Å². The third-order valence-electron chi connectivity index (χ3n) is 1.65. The molecule has 1 aliphatic rings. The van der Waals surface area contributed by atoms with Gasteiger partial charge in [0.2, 0.25) is 0 Å². The molecule has 0 saturated heterocycles. The first-order valence-corrected chi connectivity index (χ1v) is 3.57. The standard InChI is InChI=1S/C8H13NO/c9-8(6-10)7-4-2-1-3-5-7/h2,4-5,8,10H,1,3,6,9H2. The minimum atomic E-state index is -0.184. The summed E-state index contributed by atoms with van der Waals surface area (Å²) in [4.78, 5) is 0. The molecular formula is C8H13NO. The molecule has 0 bridgehead atoms. The van der Waals surface area contributed by atoms with Crippen molar-refractivity contribution < 1.29 is 5.11 Å². The maximum atomic E-state index is 8.69. The summed E-state index contributed by atoms with van der Waals surface area (Å²) in [6, 6.07) is -0.184. The molecule has 2 heteroatoms. The fourth-order valence-electron chi connectivity index (χ4n) is 1.01. The lowest BCUT2D eigenvalue weighted by Crippen LogP contribution is -2.26. The summed E-state index contributed by atoms with van der Waals surface area (Å²) in [6.07, 6.45) is 8.32. The molecule has 0 aromatic heterocycles. The van der Waals surface area contributed by atoms with Gasteiger partial charge in [0.05, 0.1) is 12.6 Å². The Morgan fingerprint density at radius 3 is 2.90 bits per heavy atom. The molecule has 1 rings (SSSR count). The first-order valence-electron chi connectivity index (χ1n) is 3.57. The quantitative estimate of drug-likeness (QED) is 0.588. The van der Waals surface area contributed by atoms with Gasteiger partial charge in [-0.25, -0.2) is 0 Å². The SMILES string of the molecule is NC(CO)C1=CCCC=C1. The third-order valence-corrected chi connectivity index (χ3v) is 1.65. The first-order chi connectivity index (χ1) is 4.84. The zero-order valence-electron chi connectivity index (χ0n) is 5.96. The fourth-order valence-corrected chi connectivity index (χ4v) is 1.01. The van der Waals surface area contributed by atoms with E-state index < -0.39 is 0 Å².